The van der Waals surface area contributed by atoms with Crippen molar-refractivity contribution >= 4 is 71.5 Å². The van der Waals surface area contributed by atoms with Crippen LogP contribution in [-0.4, -0.2) is 11.0 Å². The highest BCUT2D eigenvalue weighted by molar-refractivity contribution is 7.80. The Morgan fingerprint density at radius 1 is 1.05 bits per heavy atom. The predicted molar refractivity (Wildman–Crippen MR) is 95.3 cm³/mol. The molecule has 1 saturated heterocycles. The number of benzene rings is 1. The maximum absolute atomic E-state index is 12.5. The maximum atomic E-state index is 12.5. The van der Waals surface area contributed by atoms with Crippen LogP contribution in [0.1, 0.15) is 4.88 Å². The zero-order valence-corrected chi connectivity index (χ0v) is 13.5. The van der Waals surface area contributed by atoms with Crippen LogP contribution < -0.4 is 16.1 Å². The Kier molecular flexibility index (Phi) is 3.07. The molecule has 0 aliphatic carbocycles. The zero-order chi connectivity index (χ0) is 15.3. The number of hydrogen-bond acceptors (Lipinski definition) is 5. The minimum absolute atomic E-state index is 0.0320. The van der Waals surface area contributed by atoms with E-state index in [-0.39, 0.29) is 11.3 Å². The van der Waals surface area contributed by atoms with Crippen molar-refractivity contribution in [3.05, 3.63) is 51.1 Å². The number of hydrogen-bond donors (Lipinski definition) is 2. The second kappa shape index (κ2) is 4.98. The third-order valence-electron chi connectivity index (χ3n) is 3.30. The number of amides is 1. The molecule has 7 heteroatoms. The van der Waals surface area contributed by atoms with E-state index in [1.54, 1.807) is 17.4 Å². The van der Waals surface area contributed by atoms with E-state index in [9.17, 15) is 9.59 Å². The first kappa shape index (κ1) is 13.6. The van der Waals surface area contributed by atoms with Gasteiger partial charge >= 0.3 is 0 Å². The van der Waals surface area contributed by atoms with Crippen molar-refractivity contribution in [3.63, 3.8) is 0 Å². The fraction of sp³-hybridized carbons (Fsp3) is 0. The normalized spacial score (nSPS) is 16.5. The van der Waals surface area contributed by atoms with Crippen molar-refractivity contribution in [3.8, 4) is 0 Å². The lowest BCUT2D eigenvalue weighted by atomic mass is 10.2. The number of thiocarbonyl (C=S) groups is 1. The molecule has 1 aliphatic heterocycles. The lowest BCUT2D eigenvalue weighted by molar-refractivity contribution is -0.115. The SMILES string of the molecule is O=C1NC(=S)N/C1=C/c1cc2c(=O)c3ccccc3sc2s1. The van der Waals surface area contributed by atoms with E-state index in [1.807, 2.05) is 30.3 Å². The smallest absolute Gasteiger partial charge is 0.273 e. The molecular weight excluding hydrogens is 336 g/mol. The molecule has 1 fully saturated rings. The highest BCUT2D eigenvalue weighted by Crippen LogP contribution is 2.32. The third kappa shape index (κ3) is 2.14. The molecule has 22 heavy (non-hydrogen) atoms. The summed E-state index contributed by atoms with van der Waals surface area (Å²) in [5.74, 6) is -0.251. The molecule has 108 valence electrons. The van der Waals surface area contributed by atoms with Crippen molar-refractivity contribution in [1.29, 1.82) is 0 Å². The average Bonchev–Trinajstić information content (AvgIpc) is 3.03. The second-order valence-corrected chi connectivity index (χ2v) is 7.55. The molecule has 4 nitrogen and oxygen atoms in total. The van der Waals surface area contributed by atoms with Crippen LogP contribution >= 0.6 is 34.9 Å². The van der Waals surface area contributed by atoms with Gasteiger partial charge in [0.05, 0.1) is 9.40 Å². The number of nitrogens with one attached hydrogen (secondary N) is 2. The summed E-state index contributed by atoms with van der Waals surface area (Å²) in [5, 5.41) is 7.05. The molecule has 1 aromatic carbocycles. The maximum Gasteiger partial charge on any atom is 0.273 e. The summed E-state index contributed by atoms with van der Waals surface area (Å²) in [5.41, 5.74) is 0.433. The highest BCUT2D eigenvalue weighted by atomic mass is 32.2. The fourth-order valence-corrected chi connectivity index (χ4v) is 4.95. The molecule has 1 amide bonds. The average molecular weight is 344 g/mol. The van der Waals surface area contributed by atoms with Crippen molar-refractivity contribution in [2.24, 2.45) is 0 Å². The van der Waals surface area contributed by atoms with Gasteiger partial charge in [-0.1, -0.05) is 12.1 Å². The molecule has 0 saturated carbocycles. The monoisotopic (exact) mass is 344 g/mol. The predicted octanol–water partition coefficient (Wildman–Crippen LogP) is 2.82. The summed E-state index contributed by atoms with van der Waals surface area (Å²) < 4.78 is 1.93. The summed E-state index contributed by atoms with van der Waals surface area (Å²) >= 11 is 7.99. The number of fused-ring (bicyclic) bond motifs is 2. The Hall–Kier alpha value is -2.09. The van der Waals surface area contributed by atoms with Gasteiger partial charge in [-0.2, -0.15) is 0 Å². The Morgan fingerprint density at radius 2 is 1.86 bits per heavy atom. The van der Waals surface area contributed by atoms with Crippen LogP contribution in [0, 0.1) is 0 Å². The van der Waals surface area contributed by atoms with E-state index in [0.717, 1.165) is 19.0 Å². The standard InChI is InChI=1S/C15H8N2O2S3/c18-12-8-3-1-2-4-11(8)22-14-9(12)5-7(21-14)6-10-13(19)17-15(20)16-10/h1-6H,(H2,16,17,19,20)/b10-6+. The zero-order valence-electron chi connectivity index (χ0n) is 11.0. The van der Waals surface area contributed by atoms with Crippen LogP contribution in [0.15, 0.2) is 40.8 Å². The fourth-order valence-electron chi connectivity index (χ4n) is 2.31. The number of carbonyl (C=O) groups is 1. The Morgan fingerprint density at radius 3 is 2.64 bits per heavy atom. The van der Waals surface area contributed by atoms with Gasteiger partial charge in [0, 0.05) is 15.0 Å². The van der Waals surface area contributed by atoms with Gasteiger partial charge in [0.15, 0.2) is 10.5 Å². The van der Waals surface area contributed by atoms with Crippen LogP contribution in [0.25, 0.3) is 25.6 Å². The molecule has 0 spiro atoms. The molecule has 2 aromatic heterocycles. The van der Waals surface area contributed by atoms with Crippen LogP contribution in [0.3, 0.4) is 0 Å². The Balaban J connectivity index is 1.91. The van der Waals surface area contributed by atoms with E-state index in [2.05, 4.69) is 10.6 Å². The summed E-state index contributed by atoms with van der Waals surface area (Å²) in [6.07, 6.45) is 1.72. The van der Waals surface area contributed by atoms with Gasteiger partial charge in [-0.25, -0.2) is 0 Å². The highest BCUT2D eigenvalue weighted by Gasteiger charge is 2.20. The summed E-state index contributed by atoms with van der Waals surface area (Å²) in [6.45, 7) is 0. The first-order chi connectivity index (χ1) is 10.6. The number of rotatable bonds is 1. The summed E-state index contributed by atoms with van der Waals surface area (Å²) in [7, 11) is 0. The first-order valence-electron chi connectivity index (χ1n) is 6.41. The minimum atomic E-state index is -0.251. The largest absolute Gasteiger partial charge is 0.328 e. The van der Waals surface area contributed by atoms with Crippen LogP contribution in [0.2, 0.25) is 0 Å². The van der Waals surface area contributed by atoms with Crippen LogP contribution in [-0.2, 0) is 4.79 Å². The van der Waals surface area contributed by atoms with E-state index >= 15 is 0 Å². The third-order valence-corrected chi connectivity index (χ3v) is 5.86. The van der Waals surface area contributed by atoms with E-state index in [4.69, 9.17) is 12.2 Å². The molecule has 3 aromatic rings. The Labute approximate surface area is 138 Å². The molecule has 3 heterocycles. The molecule has 0 bridgehead atoms. The van der Waals surface area contributed by atoms with Gasteiger partial charge in [-0.15, -0.1) is 22.7 Å². The van der Waals surface area contributed by atoms with Gasteiger partial charge in [-0.05, 0) is 36.5 Å². The lowest BCUT2D eigenvalue weighted by Gasteiger charge is -1.94. The molecular formula is C15H8N2O2S3. The van der Waals surface area contributed by atoms with Crippen molar-refractivity contribution < 1.29 is 4.79 Å². The summed E-state index contributed by atoms with van der Waals surface area (Å²) in [6, 6.07) is 9.41. The van der Waals surface area contributed by atoms with Crippen LogP contribution in [0.4, 0.5) is 0 Å². The molecule has 0 atom stereocenters. The quantitative estimate of drug-likeness (QED) is 0.526. The molecule has 1 aliphatic rings. The topological polar surface area (TPSA) is 58.2 Å². The van der Waals surface area contributed by atoms with Gasteiger partial charge in [0.1, 0.15) is 5.70 Å². The van der Waals surface area contributed by atoms with Crippen molar-refractivity contribution in [2.45, 2.75) is 0 Å². The first-order valence-corrected chi connectivity index (χ1v) is 8.45. The van der Waals surface area contributed by atoms with Gasteiger partial charge in [-0.3, -0.25) is 14.9 Å². The number of carbonyl (C=O) groups excluding carboxylic acids is 1. The van der Waals surface area contributed by atoms with E-state index in [1.165, 1.54) is 11.3 Å². The molecule has 0 radical (unpaired) electrons. The van der Waals surface area contributed by atoms with Crippen LogP contribution in [0.5, 0.6) is 0 Å². The second-order valence-electron chi connectivity index (χ2n) is 4.74. The Bertz CT molecular complexity index is 1050. The van der Waals surface area contributed by atoms with Gasteiger partial charge < -0.3 is 5.32 Å². The van der Waals surface area contributed by atoms with E-state index in [0.29, 0.717) is 16.2 Å². The number of thiophene rings is 1. The lowest BCUT2D eigenvalue weighted by Crippen LogP contribution is -2.21. The minimum Gasteiger partial charge on any atom is -0.328 e. The summed E-state index contributed by atoms with van der Waals surface area (Å²) in [4.78, 5) is 25.1. The van der Waals surface area contributed by atoms with Crippen molar-refractivity contribution in [1.82, 2.24) is 10.6 Å². The van der Waals surface area contributed by atoms with Gasteiger partial charge in [0.2, 0.25) is 0 Å². The van der Waals surface area contributed by atoms with Crippen molar-refractivity contribution in [2.75, 3.05) is 0 Å². The molecule has 4 rings (SSSR count). The van der Waals surface area contributed by atoms with E-state index < -0.39 is 0 Å². The van der Waals surface area contributed by atoms with Gasteiger partial charge in [0.25, 0.3) is 5.91 Å². The molecule has 2 N–H and O–H groups in total. The molecule has 0 unspecified atom stereocenters.